The Morgan fingerprint density at radius 2 is 1.89 bits per heavy atom. The lowest BCUT2D eigenvalue weighted by atomic mass is 10.0. The molecule has 1 atom stereocenters. The Hall–Kier alpha value is -2.83. The summed E-state index contributed by atoms with van der Waals surface area (Å²) in [5, 5.41) is 2.36. The van der Waals surface area contributed by atoms with Crippen LogP contribution in [0.25, 0.3) is 0 Å². The summed E-state index contributed by atoms with van der Waals surface area (Å²) in [6, 6.07) is 10.6. The number of nitrogens with one attached hydrogen (secondary N) is 1. The molecule has 0 spiro atoms. The van der Waals surface area contributed by atoms with E-state index in [-0.39, 0.29) is 24.6 Å². The number of para-hydroxylation sites is 2. The molecule has 0 bridgehead atoms. The molecule has 7 heteroatoms. The molecule has 1 unspecified atom stereocenters. The number of aryl methyl sites for hydroxylation is 2. The minimum Gasteiger partial charge on any atom is -0.325 e. The highest BCUT2D eigenvalue weighted by Gasteiger charge is 2.38. The number of carbonyl (C=O) groups excluding carboxylic acids is 2. The summed E-state index contributed by atoms with van der Waals surface area (Å²) in [6.45, 7) is 4.03. The van der Waals surface area contributed by atoms with Gasteiger partial charge in [0.15, 0.2) is 0 Å². The number of hydrogen-bond donors (Lipinski definition) is 1. The van der Waals surface area contributed by atoms with Crippen molar-refractivity contribution in [3.05, 3.63) is 59.2 Å². The van der Waals surface area contributed by atoms with E-state index in [4.69, 9.17) is 0 Å². The first-order chi connectivity index (χ1) is 13.2. The van der Waals surface area contributed by atoms with Gasteiger partial charge in [-0.15, -0.1) is 0 Å². The maximum Gasteiger partial charge on any atom is 0.418 e. The predicted molar refractivity (Wildman–Crippen MR) is 101 cm³/mol. The summed E-state index contributed by atoms with van der Waals surface area (Å²) >= 11 is 0. The van der Waals surface area contributed by atoms with Crippen LogP contribution in [0, 0.1) is 12.8 Å². The third-order valence-corrected chi connectivity index (χ3v) is 4.96. The minimum absolute atomic E-state index is 0.0303. The Kier molecular flexibility index (Phi) is 5.45. The van der Waals surface area contributed by atoms with Crippen molar-refractivity contribution in [3.8, 4) is 0 Å². The topological polar surface area (TPSA) is 49.4 Å². The highest BCUT2D eigenvalue weighted by molar-refractivity contribution is 6.04. The summed E-state index contributed by atoms with van der Waals surface area (Å²) < 4.78 is 39.4. The zero-order valence-corrected chi connectivity index (χ0v) is 15.6. The minimum atomic E-state index is -4.57. The van der Waals surface area contributed by atoms with Crippen LogP contribution in [0.3, 0.4) is 0 Å². The van der Waals surface area contributed by atoms with Gasteiger partial charge in [0.1, 0.15) is 0 Å². The van der Waals surface area contributed by atoms with Gasteiger partial charge in [-0.3, -0.25) is 9.59 Å². The van der Waals surface area contributed by atoms with Crippen molar-refractivity contribution in [2.45, 2.75) is 32.9 Å². The number of amides is 2. The van der Waals surface area contributed by atoms with E-state index in [0.717, 1.165) is 29.3 Å². The van der Waals surface area contributed by atoms with E-state index < -0.39 is 23.6 Å². The Morgan fingerprint density at radius 3 is 2.57 bits per heavy atom. The summed E-state index contributed by atoms with van der Waals surface area (Å²) in [5.41, 5.74) is 1.52. The molecule has 1 N–H and O–H groups in total. The first-order valence-electron chi connectivity index (χ1n) is 9.08. The van der Waals surface area contributed by atoms with Crippen LogP contribution in [-0.4, -0.2) is 18.4 Å². The van der Waals surface area contributed by atoms with E-state index in [9.17, 15) is 22.8 Å². The van der Waals surface area contributed by atoms with Crippen molar-refractivity contribution in [2.24, 2.45) is 5.92 Å². The van der Waals surface area contributed by atoms with E-state index in [1.165, 1.54) is 18.2 Å². The molecule has 0 aromatic heterocycles. The molecule has 1 aliphatic rings. The molecule has 1 saturated heterocycles. The van der Waals surface area contributed by atoms with Crippen LogP contribution in [0.5, 0.6) is 0 Å². The zero-order chi connectivity index (χ0) is 20.5. The van der Waals surface area contributed by atoms with Crippen LogP contribution in [0.1, 0.15) is 30.0 Å². The van der Waals surface area contributed by atoms with Crippen LogP contribution in [0.4, 0.5) is 24.5 Å². The molecule has 2 aromatic rings. The Bertz CT molecular complexity index is 909. The van der Waals surface area contributed by atoms with Crippen molar-refractivity contribution in [1.29, 1.82) is 0 Å². The van der Waals surface area contributed by atoms with Crippen molar-refractivity contribution >= 4 is 23.2 Å². The summed E-state index contributed by atoms with van der Waals surface area (Å²) in [5.74, 6) is -1.49. The number of benzene rings is 2. The van der Waals surface area contributed by atoms with E-state index in [1.807, 2.05) is 32.0 Å². The van der Waals surface area contributed by atoms with Gasteiger partial charge in [0, 0.05) is 18.7 Å². The van der Waals surface area contributed by atoms with Crippen LogP contribution < -0.4 is 10.2 Å². The molecular formula is C21H21F3N2O2. The predicted octanol–water partition coefficient (Wildman–Crippen LogP) is 4.57. The highest BCUT2D eigenvalue weighted by Crippen LogP contribution is 2.36. The van der Waals surface area contributed by atoms with Crippen molar-refractivity contribution in [2.75, 3.05) is 16.8 Å². The number of carbonyl (C=O) groups is 2. The van der Waals surface area contributed by atoms with Gasteiger partial charge in [0.2, 0.25) is 11.8 Å². The molecule has 1 heterocycles. The number of anilines is 2. The fraction of sp³-hybridized carbons (Fsp3) is 0.333. The normalized spacial score (nSPS) is 17.1. The third-order valence-electron chi connectivity index (χ3n) is 4.96. The van der Waals surface area contributed by atoms with Crippen molar-refractivity contribution < 1.29 is 22.8 Å². The number of halogens is 3. The fourth-order valence-electron chi connectivity index (χ4n) is 3.56. The molecular weight excluding hydrogens is 369 g/mol. The van der Waals surface area contributed by atoms with Gasteiger partial charge in [-0.2, -0.15) is 13.2 Å². The molecule has 0 radical (unpaired) electrons. The van der Waals surface area contributed by atoms with E-state index in [1.54, 1.807) is 4.90 Å². The number of rotatable bonds is 4. The van der Waals surface area contributed by atoms with Crippen molar-refractivity contribution in [3.63, 3.8) is 0 Å². The second kappa shape index (κ2) is 7.66. The monoisotopic (exact) mass is 390 g/mol. The summed E-state index contributed by atoms with van der Waals surface area (Å²) in [7, 11) is 0. The van der Waals surface area contributed by atoms with Crippen LogP contribution >= 0.6 is 0 Å². The van der Waals surface area contributed by atoms with Gasteiger partial charge in [0.25, 0.3) is 0 Å². The molecule has 1 aliphatic heterocycles. The van der Waals surface area contributed by atoms with E-state index >= 15 is 0 Å². The standard InChI is InChI=1S/C21H21F3N2O2/c1-3-14-8-6-7-13(2)19(14)26-12-15(11-18(26)27)20(28)25-17-10-5-4-9-16(17)21(22,23)24/h4-10,15H,3,11-12H2,1-2H3,(H,25,28). The Morgan fingerprint density at radius 1 is 1.18 bits per heavy atom. The lowest BCUT2D eigenvalue weighted by molar-refractivity contribution is -0.137. The molecule has 0 saturated carbocycles. The zero-order valence-electron chi connectivity index (χ0n) is 15.6. The molecule has 4 nitrogen and oxygen atoms in total. The van der Waals surface area contributed by atoms with Crippen molar-refractivity contribution in [1.82, 2.24) is 0 Å². The molecule has 0 aliphatic carbocycles. The molecule has 3 rings (SSSR count). The Labute approximate surface area is 161 Å². The van der Waals surface area contributed by atoms with Gasteiger partial charge < -0.3 is 10.2 Å². The van der Waals surface area contributed by atoms with Gasteiger partial charge in [-0.25, -0.2) is 0 Å². The SMILES string of the molecule is CCc1cccc(C)c1N1CC(C(=O)Nc2ccccc2C(F)(F)F)CC1=O. The largest absolute Gasteiger partial charge is 0.418 e. The van der Waals surface area contributed by atoms with Gasteiger partial charge >= 0.3 is 6.18 Å². The first kappa shape index (κ1) is 19.9. The van der Waals surface area contributed by atoms with Gasteiger partial charge in [-0.1, -0.05) is 37.3 Å². The average molecular weight is 390 g/mol. The summed E-state index contributed by atoms with van der Waals surface area (Å²) in [6.07, 6.45) is -3.87. The van der Waals surface area contributed by atoms with Crippen LogP contribution in [0.2, 0.25) is 0 Å². The third kappa shape index (κ3) is 3.88. The maximum absolute atomic E-state index is 13.1. The van der Waals surface area contributed by atoms with Crippen LogP contribution in [0.15, 0.2) is 42.5 Å². The second-order valence-corrected chi connectivity index (χ2v) is 6.87. The number of hydrogen-bond acceptors (Lipinski definition) is 2. The van der Waals surface area contributed by atoms with Crippen LogP contribution in [-0.2, 0) is 22.2 Å². The fourth-order valence-corrected chi connectivity index (χ4v) is 3.56. The van der Waals surface area contributed by atoms with E-state index in [2.05, 4.69) is 5.32 Å². The number of nitrogens with zero attached hydrogens (tertiary/aromatic N) is 1. The average Bonchev–Trinajstić information content (AvgIpc) is 3.02. The lowest BCUT2D eigenvalue weighted by Gasteiger charge is -2.22. The highest BCUT2D eigenvalue weighted by atomic mass is 19.4. The molecule has 1 fully saturated rings. The van der Waals surface area contributed by atoms with E-state index in [0.29, 0.717) is 0 Å². The first-order valence-corrected chi connectivity index (χ1v) is 9.08. The number of alkyl halides is 3. The van der Waals surface area contributed by atoms with Gasteiger partial charge in [-0.05, 0) is 36.6 Å². The molecule has 28 heavy (non-hydrogen) atoms. The second-order valence-electron chi connectivity index (χ2n) is 6.87. The van der Waals surface area contributed by atoms with Gasteiger partial charge in [0.05, 0.1) is 17.2 Å². The Balaban J connectivity index is 1.81. The molecule has 148 valence electrons. The molecule has 2 amide bonds. The quantitative estimate of drug-likeness (QED) is 0.832. The smallest absolute Gasteiger partial charge is 0.325 e. The molecule has 2 aromatic carbocycles. The lowest BCUT2D eigenvalue weighted by Crippen LogP contribution is -2.29. The maximum atomic E-state index is 13.1. The summed E-state index contributed by atoms with van der Waals surface area (Å²) in [4.78, 5) is 26.7.